The van der Waals surface area contributed by atoms with Crippen LogP contribution in [0.5, 0.6) is 0 Å². The summed E-state index contributed by atoms with van der Waals surface area (Å²) in [4.78, 5) is 35.7. The van der Waals surface area contributed by atoms with Gasteiger partial charge in [-0.3, -0.25) is 4.79 Å². The van der Waals surface area contributed by atoms with E-state index in [2.05, 4.69) is 0 Å². The lowest BCUT2D eigenvalue weighted by atomic mass is 9.87. The zero-order valence-electron chi connectivity index (χ0n) is 11.4. The molecular weight excluding hydrogens is 284 g/mol. The van der Waals surface area contributed by atoms with Gasteiger partial charge in [0.1, 0.15) is 25.4 Å². The standard InChI is InChI=1S/C13H16O8/c1-2-3-13(10(14)15,11(16)20-6-8-4-18-8)12(17)21-7-9-5-19-9/h2-3,8-9H,4-7H2,1H3,(H,14,15)/b3-2+. The molecule has 2 heterocycles. The molecule has 0 saturated carbocycles. The number of aliphatic carboxylic acids is 1. The summed E-state index contributed by atoms with van der Waals surface area (Å²) in [6.07, 6.45) is 1.78. The summed E-state index contributed by atoms with van der Waals surface area (Å²) in [5.41, 5.74) is -2.50. The first-order valence-corrected chi connectivity index (χ1v) is 6.45. The fourth-order valence-electron chi connectivity index (χ4n) is 1.61. The molecule has 0 aliphatic carbocycles. The Morgan fingerprint density at radius 1 is 1.14 bits per heavy atom. The molecule has 0 bridgehead atoms. The fraction of sp³-hybridized carbons (Fsp3) is 0.615. The van der Waals surface area contributed by atoms with Crippen molar-refractivity contribution in [3.8, 4) is 0 Å². The van der Waals surface area contributed by atoms with Crippen molar-refractivity contribution in [1.29, 1.82) is 0 Å². The van der Waals surface area contributed by atoms with Gasteiger partial charge in [-0.1, -0.05) is 6.08 Å². The molecule has 0 aromatic carbocycles. The first-order chi connectivity index (χ1) is 10.0. The smallest absolute Gasteiger partial charge is 0.339 e. The summed E-state index contributed by atoms with van der Waals surface area (Å²) < 4.78 is 19.5. The van der Waals surface area contributed by atoms with E-state index in [0.29, 0.717) is 13.2 Å². The average Bonchev–Trinajstić information content (AvgIpc) is 3.33. The number of rotatable bonds is 8. The minimum atomic E-state index is -2.50. The molecule has 0 spiro atoms. The molecule has 0 amide bonds. The number of ether oxygens (including phenoxy) is 4. The van der Waals surface area contributed by atoms with Gasteiger partial charge in [-0.15, -0.1) is 0 Å². The summed E-state index contributed by atoms with van der Waals surface area (Å²) in [6.45, 7) is 2.20. The Labute approximate surface area is 120 Å². The van der Waals surface area contributed by atoms with Crippen molar-refractivity contribution in [2.45, 2.75) is 19.1 Å². The normalized spacial score (nSPS) is 26.0. The molecule has 8 nitrogen and oxygen atoms in total. The molecule has 2 fully saturated rings. The molecule has 2 aliphatic heterocycles. The van der Waals surface area contributed by atoms with Crippen LogP contribution < -0.4 is 0 Å². The molecule has 8 heteroatoms. The number of hydrogen-bond acceptors (Lipinski definition) is 7. The fourth-order valence-corrected chi connectivity index (χ4v) is 1.61. The summed E-state index contributed by atoms with van der Waals surface area (Å²) in [5, 5.41) is 9.34. The number of carbonyl (C=O) groups excluding carboxylic acids is 2. The second kappa shape index (κ2) is 6.23. The maximum absolute atomic E-state index is 12.1. The highest BCUT2D eigenvalue weighted by atomic mass is 16.6. The molecule has 2 rings (SSSR count). The van der Waals surface area contributed by atoms with Gasteiger partial charge in [0, 0.05) is 0 Å². The number of esters is 2. The number of carboxylic acid groups (broad SMARTS) is 1. The van der Waals surface area contributed by atoms with Gasteiger partial charge in [0.15, 0.2) is 0 Å². The lowest BCUT2D eigenvalue weighted by Crippen LogP contribution is -2.47. The van der Waals surface area contributed by atoms with Crippen LogP contribution in [0.4, 0.5) is 0 Å². The Bertz CT molecular complexity index is 433. The summed E-state index contributed by atoms with van der Waals surface area (Å²) in [7, 11) is 0. The quantitative estimate of drug-likeness (QED) is 0.276. The first-order valence-electron chi connectivity index (χ1n) is 6.45. The highest BCUT2D eigenvalue weighted by molar-refractivity contribution is 6.19. The molecule has 2 aliphatic rings. The molecule has 0 aromatic rings. The van der Waals surface area contributed by atoms with E-state index in [9.17, 15) is 19.5 Å². The van der Waals surface area contributed by atoms with Crippen molar-refractivity contribution in [3.63, 3.8) is 0 Å². The van der Waals surface area contributed by atoms with Gasteiger partial charge in [0.2, 0.25) is 0 Å². The van der Waals surface area contributed by atoms with Crippen molar-refractivity contribution >= 4 is 17.9 Å². The van der Waals surface area contributed by atoms with E-state index in [0.717, 1.165) is 6.08 Å². The van der Waals surface area contributed by atoms with Crippen LogP contribution >= 0.6 is 0 Å². The molecule has 116 valence electrons. The van der Waals surface area contributed by atoms with Crippen molar-refractivity contribution in [3.05, 3.63) is 12.2 Å². The molecular formula is C13H16O8. The zero-order chi connectivity index (χ0) is 15.5. The first kappa shape index (κ1) is 15.5. The maximum atomic E-state index is 12.1. The van der Waals surface area contributed by atoms with Crippen molar-refractivity contribution < 1.29 is 38.4 Å². The van der Waals surface area contributed by atoms with Gasteiger partial charge >= 0.3 is 17.9 Å². The van der Waals surface area contributed by atoms with Gasteiger partial charge in [0.05, 0.1) is 13.2 Å². The minimum Gasteiger partial charge on any atom is -0.480 e. The van der Waals surface area contributed by atoms with Gasteiger partial charge in [-0.2, -0.15) is 0 Å². The van der Waals surface area contributed by atoms with E-state index in [1.807, 2.05) is 0 Å². The van der Waals surface area contributed by atoms with E-state index in [4.69, 9.17) is 18.9 Å². The number of hydrogen-bond donors (Lipinski definition) is 1. The van der Waals surface area contributed by atoms with Crippen LogP contribution in [0.2, 0.25) is 0 Å². The predicted octanol–water partition coefficient (Wildman–Crippen LogP) is -0.482. The third kappa shape index (κ3) is 3.59. The largest absolute Gasteiger partial charge is 0.480 e. The van der Waals surface area contributed by atoms with E-state index in [-0.39, 0.29) is 25.4 Å². The van der Waals surface area contributed by atoms with Crippen molar-refractivity contribution in [1.82, 2.24) is 0 Å². The Balaban J connectivity index is 2.10. The summed E-state index contributed by atoms with van der Waals surface area (Å²) in [6, 6.07) is 0. The van der Waals surface area contributed by atoms with Crippen LogP contribution in [0, 0.1) is 5.41 Å². The van der Waals surface area contributed by atoms with E-state index in [1.165, 1.54) is 13.0 Å². The second-order valence-corrected chi connectivity index (χ2v) is 4.72. The van der Waals surface area contributed by atoms with Crippen LogP contribution in [-0.2, 0) is 33.3 Å². The molecule has 2 unspecified atom stereocenters. The van der Waals surface area contributed by atoms with Crippen LogP contribution in [0.25, 0.3) is 0 Å². The van der Waals surface area contributed by atoms with Crippen LogP contribution in [0.15, 0.2) is 12.2 Å². The SMILES string of the molecule is C/C=C/C(C(=O)O)(C(=O)OCC1CO1)C(=O)OCC1CO1. The molecule has 1 N–H and O–H groups in total. The van der Waals surface area contributed by atoms with Crippen LogP contribution in [0.1, 0.15) is 6.92 Å². The monoisotopic (exact) mass is 300 g/mol. The minimum absolute atomic E-state index is 0.0928. The molecule has 2 atom stereocenters. The summed E-state index contributed by atoms with van der Waals surface area (Å²) in [5.74, 6) is -4.03. The van der Waals surface area contributed by atoms with E-state index < -0.39 is 23.3 Å². The van der Waals surface area contributed by atoms with Crippen molar-refractivity contribution in [2.24, 2.45) is 5.41 Å². The van der Waals surface area contributed by atoms with E-state index >= 15 is 0 Å². The third-order valence-electron chi connectivity index (χ3n) is 3.00. The average molecular weight is 300 g/mol. The maximum Gasteiger partial charge on any atom is 0.339 e. The number of carboxylic acids is 1. The number of epoxide rings is 2. The van der Waals surface area contributed by atoms with Gasteiger partial charge in [0.25, 0.3) is 5.41 Å². The van der Waals surface area contributed by atoms with Gasteiger partial charge in [-0.05, 0) is 13.0 Å². The lowest BCUT2D eigenvalue weighted by molar-refractivity contribution is -0.177. The molecule has 21 heavy (non-hydrogen) atoms. The second-order valence-electron chi connectivity index (χ2n) is 4.72. The Kier molecular flexibility index (Phi) is 4.59. The highest BCUT2D eigenvalue weighted by Crippen LogP contribution is 2.26. The molecule has 0 aromatic heterocycles. The Morgan fingerprint density at radius 2 is 1.57 bits per heavy atom. The lowest BCUT2D eigenvalue weighted by Gasteiger charge is -2.21. The third-order valence-corrected chi connectivity index (χ3v) is 3.00. The van der Waals surface area contributed by atoms with E-state index in [1.54, 1.807) is 0 Å². The topological polar surface area (TPSA) is 115 Å². The van der Waals surface area contributed by atoms with Gasteiger partial charge in [-0.25, -0.2) is 9.59 Å². The number of carbonyl (C=O) groups is 3. The highest BCUT2D eigenvalue weighted by Gasteiger charge is 2.55. The Morgan fingerprint density at radius 3 is 1.86 bits per heavy atom. The molecule has 2 saturated heterocycles. The zero-order valence-corrected chi connectivity index (χ0v) is 11.4. The van der Waals surface area contributed by atoms with Crippen LogP contribution in [-0.4, -0.2) is 61.6 Å². The van der Waals surface area contributed by atoms with Gasteiger partial charge < -0.3 is 24.1 Å². The molecule has 0 radical (unpaired) electrons. The van der Waals surface area contributed by atoms with Crippen LogP contribution in [0.3, 0.4) is 0 Å². The number of allylic oxidation sites excluding steroid dienone is 1. The predicted molar refractivity (Wildman–Crippen MR) is 66.3 cm³/mol. The Hall–Kier alpha value is -1.93. The summed E-state index contributed by atoms with van der Waals surface area (Å²) >= 11 is 0. The van der Waals surface area contributed by atoms with Crippen molar-refractivity contribution in [2.75, 3.05) is 26.4 Å².